The largest absolute Gasteiger partial charge is 0.505 e. The number of hydrogen-bond acceptors (Lipinski definition) is 5. The Morgan fingerprint density at radius 2 is 1.94 bits per heavy atom. The quantitative estimate of drug-likeness (QED) is 0.361. The molecule has 0 saturated carbocycles. The molecule has 32 heavy (non-hydrogen) atoms. The maximum Gasteiger partial charge on any atom is 0.435 e. The lowest BCUT2D eigenvalue weighted by atomic mass is 10.1. The molecule has 4 aromatic rings. The fourth-order valence-corrected chi connectivity index (χ4v) is 3.40. The van der Waals surface area contributed by atoms with E-state index in [1.165, 1.54) is 26.0 Å². The van der Waals surface area contributed by atoms with Crippen LogP contribution in [0.25, 0.3) is 34.0 Å². The zero-order valence-corrected chi connectivity index (χ0v) is 16.8. The second-order valence-electron chi connectivity index (χ2n) is 6.90. The van der Waals surface area contributed by atoms with Gasteiger partial charge in [0.05, 0.1) is 5.56 Å². The molecular weight excluding hydrogens is 425 g/mol. The number of benzene rings is 1. The van der Waals surface area contributed by atoms with Gasteiger partial charge in [-0.2, -0.15) is 22.8 Å². The third kappa shape index (κ3) is 3.33. The Morgan fingerprint density at radius 3 is 2.56 bits per heavy atom. The van der Waals surface area contributed by atoms with Gasteiger partial charge in [-0.25, -0.2) is 4.98 Å². The summed E-state index contributed by atoms with van der Waals surface area (Å²) in [7, 11) is 0. The van der Waals surface area contributed by atoms with E-state index in [2.05, 4.69) is 21.0 Å². The fourth-order valence-electron chi connectivity index (χ4n) is 3.40. The van der Waals surface area contributed by atoms with Crippen LogP contribution in [0.5, 0.6) is 0 Å². The van der Waals surface area contributed by atoms with Gasteiger partial charge in [-0.15, -0.1) is 6.42 Å². The number of hydrogen-bond donors (Lipinski definition) is 2. The summed E-state index contributed by atoms with van der Waals surface area (Å²) in [6, 6.07) is 7.84. The number of allylic oxidation sites excluding steroid dienone is 1. The summed E-state index contributed by atoms with van der Waals surface area (Å²) in [6.07, 6.45) is 1.40. The maximum absolute atomic E-state index is 13.8. The lowest BCUT2D eigenvalue weighted by Gasteiger charge is -2.07. The van der Waals surface area contributed by atoms with Crippen molar-refractivity contribution in [1.82, 2.24) is 19.6 Å². The second kappa shape index (κ2) is 7.46. The molecule has 0 bridgehead atoms. The van der Waals surface area contributed by atoms with Gasteiger partial charge in [-0.05, 0) is 19.4 Å². The van der Waals surface area contributed by atoms with Crippen LogP contribution in [-0.4, -0.2) is 24.7 Å². The molecule has 3 heterocycles. The minimum atomic E-state index is -4.80. The molecular formula is C22H15F3N4O3. The van der Waals surface area contributed by atoms with Crippen molar-refractivity contribution in [3.05, 3.63) is 69.6 Å². The number of oxazole rings is 1. The topological polar surface area (TPSA) is 96.4 Å². The summed E-state index contributed by atoms with van der Waals surface area (Å²) < 4.78 is 47.5. The zero-order chi connectivity index (χ0) is 23.2. The van der Waals surface area contributed by atoms with Crippen LogP contribution in [0, 0.1) is 26.2 Å². The number of nitrogens with one attached hydrogen (secondary N) is 1. The number of aromatic nitrogens is 4. The highest BCUT2D eigenvalue weighted by molar-refractivity contribution is 5.81. The summed E-state index contributed by atoms with van der Waals surface area (Å²) >= 11 is 0. The summed E-state index contributed by atoms with van der Waals surface area (Å²) in [5.41, 5.74) is -2.09. The van der Waals surface area contributed by atoms with Gasteiger partial charge in [0.25, 0.3) is 5.56 Å². The number of aromatic amines is 1. The molecule has 0 fully saturated rings. The third-order valence-corrected chi connectivity index (χ3v) is 4.78. The van der Waals surface area contributed by atoms with Crippen molar-refractivity contribution in [3.63, 3.8) is 0 Å². The summed E-state index contributed by atoms with van der Waals surface area (Å²) in [4.78, 5) is 20.1. The zero-order valence-electron chi connectivity index (χ0n) is 16.8. The smallest absolute Gasteiger partial charge is 0.435 e. The molecule has 4 rings (SSSR count). The van der Waals surface area contributed by atoms with Gasteiger partial charge in [-0.3, -0.25) is 4.79 Å². The van der Waals surface area contributed by atoms with Crippen molar-refractivity contribution in [1.29, 1.82) is 0 Å². The monoisotopic (exact) mass is 440 g/mol. The van der Waals surface area contributed by atoms with Crippen molar-refractivity contribution in [2.75, 3.05) is 0 Å². The minimum absolute atomic E-state index is 0.0123. The fraction of sp³-hybridized carbons (Fsp3) is 0.136. The summed E-state index contributed by atoms with van der Waals surface area (Å²) in [5, 5.41) is 13.6. The van der Waals surface area contributed by atoms with Crippen molar-refractivity contribution in [2.45, 2.75) is 20.0 Å². The molecule has 0 atom stereocenters. The van der Waals surface area contributed by atoms with Crippen molar-refractivity contribution >= 4 is 11.4 Å². The van der Waals surface area contributed by atoms with Gasteiger partial charge in [0.1, 0.15) is 22.7 Å². The van der Waals surface area contributed by atoms with Gasteiger partial charge >= 0.3 is 6.18 Å². The van der Waals surface area contributed by atoms with E-state index in [0.29, 0.717) is 4.52 Å². The first-order valence-corrected chi connectivity index (χ1v) is 9.25. The first-order valence-electron chi connectivity index (χ1n) is 9.25. The Hall–Kier alpha value is -4.26. The van der Waals surface area contributed by atoms with Gasteiger partial charge in [0.2, 0.25) is 5.89 Å². The number of halogens is 3. The molecule has 0 saturated heterocycles. The van der Waals surface area contributed by atoms with Crippen LogP contribution in [-0.2, 0) is 6.18 Å². The Balaban J connectivity index is 2.02. The number of nitrogens with zero attached hydrogens (tertiary/aromatic N) is 3. The van der Waals surface area contributed by atoms with Crippen LogP contribution in [0.2, 0.25) is 0 Å². The number of aliphatic hydroxyl groups excluding tert-OH is 1. The van der Waals surface area contributed by atoms with E-state index in [0.717, 1.165) is 6.08 Å². The van der Waals surface area contributed by atoms with Gasteiger partial charge in [0.15, 0.2) is 11.5 Å². The van der Waals surface area contributed by atoms with Gasteiger partial charge in [0, 0.05) is 11.8 Å². The number of H-pyrrole nitrogens is 1. The average Bonchev–Trinajstić information content (AvgIpc) is 3.30. The van der Waals surface area contributed by atoms with E-state index in [1.807, 2.05) is 0 Å². The first kappa shape index (κ1) is 21.0. The Bertz CT molecular complexity index is 1470. The van der Waals surface area contributed by atoms with Crippen LogP contribution in [0.15, 0.2) is 45.6 Å². The number of aliphatic hydroxyl groups is 1. The first-order chi connectivity index (χ1) is 15.1. The molecule has 0 spiro atoms. The number of alkyl halides is 3. The normalized spacial score (nSPS) is 12.3. The molecule has 162 valence electrons. The number of rotatable bonds is 3. The minimum Gasteiger partial charge on any atom is -0.505 e. The van der Waals surface area contributed by atoms with E-state index in [-0.39, 0.29) is 51.1 Å². The van der Waals surface area contributed by atoms with Crippen LogP contribution in [0.4, 0.5) is 13.2 Å². The van der Waals surface area contributed by atoms with Crippen LogP contribution in [0.1, 0.15) is 22.8 Å². The highest BCUT2D eigenvalue weighted by atomic mass is 19.4. The van der Waals surface area contributed by atoms with E-state index < -0.39 is 17.4 Å². The molecule has 0 amide bonds. The summed E-state index contributed by atoms with van der Waals surface area (Å²) in [6.45, 7) is 3.00. The highest BCUT2D eigenvalue weighted by Gasteiger charge is 2.39. The average molecular weight is 440 g/mol. The number of fused-ring (bicyclic) bond motifs is 1. The maximum atomic E-state index is 13.8. The Labute approximate surface area is 178 Å². The van der Waals surface area contributed by atoms with Crippen LogP contribution < -0.4 is 5.56 Å². The molecule has 0 unspecified atom stereocenters. The molecule has 0 aliphatic carbocycles. The molecule has 0 aliphatic rings. The number of aryl methyl sites for hydroxylation is 2. The molecule has 0 aliphatic heterocycles. The third-order valence-electron chi connectivity index (χ3n) is 4.78. The van der Waals surface area contributed by atoms with Gasteiger partial charge < -0.3 is 14.5 Å². The molecule has 1 aromatic carbocycles. The molecule has 0 radical (unpaired) electrons. The van der Waals surface area contributed by atoms with E-state index >= 15 is 0 Å². The molecule has 3 aromatic heterocycles. The van der Waals surface area contributed by atoms with E-state index in [9.17, 15) is 23.1 Å². The van der Waals surface area contributed by atoms with Crippen LogP contribution in [0.3, 0.4) is 0 Å². The Morgan fingerprint density at radius 1 is 1.25 bits per heavy atom. The van der Waals surface area contributed by atoms with Crippen molar-refractivity contribution < 1.29 is 22.7 Å². The highest BCUT2D eigenvalue weighted by Crippen LogP contribution is 2.38. The van der Waals surface area contributed by atoms with Crippen molar-refractivity contribution in [3.8, 4) is 34.9 Å². The molecule has 10 heteroatoms. The standard InChI is InChI=1S/C22H15F3N4O3/c1-4-8-14(30)17-12(3)32-20(27-17)15-11(2)26-19-16(13-9-6-5-7-10-13)18(22(23,24)25)28-29(19)21(15)31/h1,5-10,26,30H,2-3H3/b14-8+. The van der Waals surface area contributed by atoms with Crippen molar-refractivity contribution in [2.24, 2.45) is 0 Å². The van der Waals surface area contributed by atoms with Crippen LogP contribution >= 0.6 is 0 Å². The SMILES string of the molecule is C#C/C=C(/O)c1nc(-c2c(C)[nH]c3c(-c4ccccc4)c(C(F)(F)F)nn3c2=O)oc1C. The van der Waals surface area contributed by atoms with Gasteiger partial charge in [-0.1, -0.05) is 36.3 Å². The lowest BCUT2D eigenvalue weighted by Crippen LogP contribution is -2.20. The number of terminal acetylenes is 1. The predicted octanol–water partition coefficient (Wildman–Crippen LogP) is 4.51. The van der Waals surface area contributed by atoms with E-state index in [4.69, 9.17) is 10.8 Å². The predicted molar refractivity (Wildman–Crippen MR) is 111 cm³/mol. The summed E-state index contributed by atoms with van der Waals surface area (Å²) in [5.74, 6) is 1.77. The lowest BCUT2D eigenvalue weighted by molar-refractivity contribution is -0.140. The molecule has 7 nitrogen and oxygen atoms in total. The Kier molecular flexibility index (Phi) is 4.89. The second-order valence-corrected chi connectivity index (χ2v) is 6.90. The molecule has 2 N–H and O–H groups in total. The van der Waals surface area contributed by atoms with E-state index in [1.54, 1.807) is 18.2 Å².